The number of aliphatic hydroxyl groups excluding tert-OH is 4. The monoisotopic (exact) mass is 388 g/mol. The van der Waals surface area contributed by atoms with E-state index in [4.69, 9.17) is 19.7 Å². The van der Waals surface area contributed by atoms with Gasteiger partial charge in [-0.05, 0) is 25.2 Å². The topological polar surface area (TPSA) is 154 Å². The van der Waals surface area contributed by atoms with E-state index in [0.717, 1.165) is 0 Å². The van der Waals surface area contributed by atoms with E-state index in [9.17, 15) is 24.9 Å². The lowest BCUT2D eigenvalue weighted by molar-refractivity contribution is -0.300. The number of ether oxygens (including phenoxy) is 2. The average Bonchev–Trinajstić information content (AvgIpc) is 2.96. The lowest BCUT2D eigenvalue weighted by Crippen LogP contribution is -2.59. The Labute approximate surface area is 157 Å². The summed E-state index contributed by atoms with van der Waals surface area (Å²) in [4.78, 5) is 22.7. The van der Waals surface area contributed by atoms with Gasteiger partial charge in [0.05, 0.1) is 13.2 Å². The van der Waals surface area contributed by atoms with Gasteiger partial charge in [-0.15, -0.1) is 0 Å². The molecule has 5 N–H and O–H groups in total. The van der Waals surface area contributed by atoms with Crippen molar-refractivity contribution in [1.82, 2.24) is 0 Å². The molecule has 1 aliphatic heterocycles. The molecule has 0 radical (unpaired) electrons. The van der Waals surface area contributed by atoms with Crippen LogP contribution in [0.1, 0.15) is 32.1 Å². The van der Waals surface area contributed by atoms with Crippen LogP contribution in [-0.4, -0.2) is 81.2 Å². The number of carbonyl (C=O) groups is 2. The molecular formula is C18H28O9. The standard InChI is InChI=1S/C18H28O9/c19-9-13-15(23)16(24)17(25)18(27-13)26-7-3-1-2-4-11-10(8-14(21)22)5-6-12(11)20/h1-2,10-11,13,15-19,23-25H,3-9H2,(H,21,22)/b2-1-/t10-,11-,13+,15-,16+,17-,18-/m1/s1. The molecular weight excluding hydrogens is 360 g/mol. The van der Waals surface area contributed by atoms with E-state index < -0.39 is 43.3 Å². The summed E-state index contributed by atoms with van der Waals surface area (Å²) in [5, 5.41) is 47.3. The lowest BCUT2D eigenvalue weighted by Gasteiger charge is -2.39. The fourth-order valence-corrected chi connectivity index (χ4v) is 3.59. The predicted octanol–water partition coefficient (Wildman–Crippen LogP) is -0.791. The van der Waals surface area contributed by atoms with Crippen molar-refractivity contribution >= 4 is 11.8 Å². The highest BCUT2D eigenvalue weighted by Crippen LogP contribution is 2.34. The van der Waals surface area contributed by atoms with E-state index in [1.165, 1.54) is 0 Å². The summed E-state index contributed by atoms with van der Waals surface area (Å²) in [6, 6.07) is 0. The van der Waals surface area contributed by atoms with Gasteiger partial charge in [0, 0.05) is 18.8 Å². The van der Waals surface area contributed by atoms with Crippen molar-refractivity contribution in [3.05, 3.63) is 12.2 Å². The number of rotatable bonds is 9. The van der Waals surface area contributed by atoms with Gasteiger partial charge in [-0.2, -0.15) is 0 Å². The van der Waals surface area contributed by atoms with Crippen molar-refractivity contribution in [2.24, 2.45) is 11.8 Å². The number of carboxylic acid groups (broad SMARTS) is 1. The number of ketones is 1. The third kappa shape index (κ3) is 5.81. The minimum Gasteiger partial charge on any atom is -0.481 e. The molecule has 2 rings (SSSR count). The first kappa shape index (κ1) is 21.9. The summed E-state index contributed by atoms with van der Waals surface area (Å²) in [5.41, 5.74) is 0. The summed E-state index contributed by atoms with van der Waals surface area (Å²) in [6.07, 6.45) is -0.898. The number of aliphatic hydroxyl groups is 4. The Morgan fingerprint density at radius 3 is 2.59 bits per heavy atom. The normalized spacial score (nSPS) is 37.2. The Hall–Kier alpha value is -1.36. The molecule has 2 fully saturated rings. The van der Waals surface area contributed by atoms with E-state index in [1.54, 1.807) is 6.08 Å². The summed E-state index contributed by atoms with van der Waals surface area (Å²) in [5.74, 6) is -1.17. The van der Waals surface area contributed by atoms with E-state index >= 15 is 0 Å². The molecule has 27 heavy (non-hydrogen) atoms. The van der Waals surface area contributed by atoms with Crippen LogP contribution in [0, 0.1) is 11.8 Å². The second-order valence-electron chi connectivity index (χ2n) is 7.03. The molecule has 1 saturated carbocycles. The van der Waals surface area contributed by atoms with Crippen LogP contribution in [0.5, 0.6) is 0 Å². The second kappa shape index (κ2) is 10.3. The van der Waals surface area contributed by atoms with Crippen LogP contribution in [0.2, 0.25) is 0 Å². The molecule has 0 aromatic rings. The number of Topliss-reactive ketones (excluding diaryl/α,β-unsaturated/α-hetero) is 1. The molecule has 0 amide bonds. The molecule has 0 unspecified atom stereocenters. The third-order valence-electron chi connectivity index (χ3n) is 5.15. The summed E-state index contributed by atoms with van der Waals surface area (Å²) in [6.45, 7) is -0.353. The molecule has 154 valence electrons. The third-order valence-corrected chi connectivity index (χ3v) is 5.15. The molecule has 7 atom stereocenters. The van der Waals surface area contributed by atoms with Crippen molar-refractivity contribution in [2.45, 2.75) is 62.8 Å². The SMILES string of the molecule is O=C(O)C[C@H]1CCC(=O)[C@@H]1C/C=C\CCO[C@@H]1O[C@@H](CO)[C@@H](O)[C@H](O)[C@H]1O. The van der Waals surface area contributed by atoms with Crippen LogP contribution in [0.4, 0.5) is 0 Å². The van der Waals surface area contributed by atoms with Crippen molar-refractivity contribution in [1.29, 1.82) is 0 Å². The molecule has 0 spiro atoms. The van der Waals surface area contributed by atoms with Crippen LogP contribution < -0.4 is 0 Å². The minimum absolute atomic E-state index is 0.00443. The fourth-order valence-electron chi connectivity index (χ4n) is 3.59. The molecule has 1 aliphatic carbocycles. The smallest absolute Gasteiger partial charge is 0.303 e. The van der Waals surface area contributed by atoms with Crippen LogP contribution in [0.15, 0.2) is 12.2 Å². The zero-order valence-corrected chi connectivity index (χ0v) is 15.0. The van der Waals surface area contributed by atoms with Crippen molar-refractivity contribution in [3.8, 4) is 0 Å². The molecule has 1 saturated heterocycles. The molecule has 1 heterocycles. The zero-order chi connectivity index (χ0) is 20.0. The quantitative estimate of drug-likeness (QED) is 0.252. The highest BCUT2D eigenvalue weighted by molar-refractivity contribution is 5.84. The first-order valence-electron chi connectivity index (χ1n) is 9.16. The Morgan fingerprint density at radius 1 is 1.19 bits per heavy atom. The van der Waals surface area contributed by atoms with E-state index in [2.05, 4.69) is 0 Å². The van der Waals surface area contributed by atoms with Crippen LogP contribution in [0.25, 0.3) is 0 Å². The van der Waals surface area contributed by atoms with E-state index in [1.807, 2.05) is 6.08 Å². The second-order valence-corrected chi connectivity index (χ2v) is 7.03. The minimum atomic E-state index is -1.48. The largest absolute Gasteiger partial charge is 0.481 e. The van der Waals surface area contributed by atoms with Gasteiger partial charge >= 0.3 is 5.97 Å². The van der Waals surface area contributed by atoms with Gasteiger partial charge in [-0.3, -0.25) is 9.59 Å². The fraction of sp³-hybridized carbons (Fsp3) is 0.778. The maximum atomic E-state index is 11.9. The Kier molecular flexibility index (Phi) is 8.33. The number of carbonyl (C=O) groups excluding carboxylic acids is 1. The molecule has 0 aromatic heterocycles. The van der Waals surface area contributed by atoms with Crippen LogP contribution in [0.3, 0.4) is 0 Å². The molecule has 9 heteroatoms. The van der Waals surface area contributed by atoms with Gasteiger partial charge in [-0.25, -0.2) is 0 Å². The van der Waals surface area contributed by atoms with Gasteiger partial charge in [0.15, 0.2) is 6.29 Å². The predicted molar refractivity (Wildman–Crippen MR) is 91.6 cm³/mol. The molecule has 2 aliphatic rings. The number of carboxylic acids is 1. The number of aliphatic carboxylic acids is 1. The lowest BCUT2D eigenvalue weighted by atomic mass is 9.89. The zero-order valence-electron chi connectivity index (χ0n) is 15.0. The Balaban J connectivity index is 1.73. The Morgan fingerprint density at radius 2 is 1.93 bits per heavy atom. The van der Waals surface area contributed by atoms with Gasteiger partial charge in [0.2, 0.25) is 0 Å². The highest BCUT2D eigenvalue weighted by Gasteiger charge is 2.43. The summed E-state index contributed by atoms with van der Waals surface area (Å²) in [7, 11) is 0. The molecule has 0 aromatic carbocycles. The number of hydrogen-bond acceptors (Lipinski definition) is 8. The van der Waals surface area contributed by atoms with Crippen molar-refractivity contribution in [2.75, 3.05) is 13.2 Å². The van der Waals surface area contributed by atoms with Gasteiger partial charge in [0.1, 0.15) is 30.2 Å². The summed E-state index contributed by atoms with van der Waals surface area (Å²) >= 11 is 0. The van der Waals surface area contributed by atoms with Crippen molar-refractivity contribution in [3.63, 3.8) is 0 Å². The maximum Gasteiger partial charge on any atom is 0.303 e. The maximum absolute atomic E-state index is 11.9. The van der Waals surface area contributed by atoms with Crippen LogP contribution in [-0.2, 0) is 19.1 Å². The first-order chi connectivity index (χ1) is 12.8. The van der Waals surface area contributed by atoms with Crippen LogP contribution >= 0.6 is 0 Å². The Bertz CT molecular complexity index is 533. The molecule has 0 bridgehead atoms. The first-order valence-corrected chi connectivity index (χ1v) is 9.16. The van der Waals surface area contributed by atoms with E-state index in [-0.39, 0.29) is 30.6 Å². The van der Waals surface area contributed by atoms with E-state index in [0.29, 0.717) is 25.7 Å². The van der Waals surface area contributed by atoms with Gasteiger partial charge in [0.25, 0.3) is 0 Å². The number of allylic oxidation sites excluding steroid dienone is 1. The summed E-state index contributed by atoms with van der Waals surface area (Å²) < 4.78 is 10.6. The van der Waals surface area contributed by atoms with Gasteiger partial charge in [-0.1, -0.05) is 12.2 Å². The van der Waals surface area contributed by atoms with Gasteiger partial charge < -0.3 is 35.0 Å². The van der Waals surface area contributed by atoms with Crippen molar-refractivity contribution < 1.29 is 44.6 Å². The molecule has 9 nitrogen and oxygen atoms in total. The highest BCUT2D eigenvalue weighted by atomic mass is 16.7. The average molecular weight is 388 g/mol. The number of hydrogen-bond donors (Lipinski definition) is 5.